The highest BCUT2D eigenvalue weighted by Crippen LogP contribution is 2.37. The van der Waals surface area contributed by atoms with Gasteiger partial charge in [0.25, 0.3) is 0 Å². The molecular formula is C30H32F3N2O4S+. The zero-order valence-electron chi connectivity index (χ0n) is 22.0. The van der Waals surface area contributed by atoms with Crippen LogP contribution >= 0.6 is 0 Å². The van der Waals surface area contributed by atoms with Crippen LogP contribution in [0, 0.1) is 23.4 Å². The third kappa shape index (κ3) is 6.18. The zero-order chi connectivity index (χ0) is 28.3. The molecule has 0 aliphatic carbocycles. The van der Waals surface area contributed by atoms with Crippen molar-refractivity contribution in [3.8, 4) is 0 Å². The molecular weight excluding hydrogens is 541 g/mol. The number of benzene rings is 3. The van der Waals surface area contributed by atoms with Crippen LogP contribution in [-0.4, -0.2) is 57.0 Å². The quantitative estimate of drug-likeness (QED) is 0.307. The van der Waals surface area contributed by atoms with Crippen molar-refractivity contribution in [3.63, 3.8) is 0 Å². The predicted molar refractivity (Wildman–Crippen MR) is 145 cm³/mol. The molecule has 0 saturated carbocycles. The van der Waals surface area contributed by atoms with Gasteiger partial charge in [0.1, 0.15) is 28.9 Å². The van der Waals surface area contributed by atoms with Gasteiger partial charge in [-0.1, -0.05) is 36.4 Å². The summed E-state index contributed by atoms with van der Waals surface area (Å²) in [5.41, 5.74) is 0.690. The van der Waals surface area contributed by atoms with E-state index in [1.54, 1.807) is 18.2 Å². The van der Waals surface area contributed by atoms with Crippen LogP contribution in [0.1, 0.15) is 24.8 Å². The van der Waals surface area contributed by atoms with E-state index >= 15 is 0 Å². The summed E-state index contributed by atoms with van der Waals surface area (Å²) in [6.45, 7) is 2.82. The molecule has 0 radical (unpaired) electrons. The van der Waals surface area contributed by atoms with Crippen LogP contribution in [0.25, 0.3) is 0 Å². The van der Waals surface area contributed by atoms with Crippen LogP contribution in [0.4, 0.5) is 23.7 Å². The molecule has 3 fully saturated rings. The van der Waals surface area contributed by atoms with Crippen molar-refractivity contribution in [2.45, 2.75) is 36.8 Å². The summed E-state index contributed by atoms with van der Waals surface area (Å²) in [6, 6.07) is 17.0. The summed E-state index contributed by atoms with van der Waals surface area (Å²) < 4.78 is 74.4. The lowest BCUT2D eigenvalue weighted by Gasteiger charge is -2.52. The molecule has 2 bridgehead atoms. The highest BCUT2D eigenvalue weighted by atomic mass is 32.2. The first-order chi connectivity index (χ1) is 19.2. The Morgan fingerprint density at radius 3 is 2.23 bits per heavy atom. The van der Waals surface area contributed by atoms with E-state index in [0.717, 1.165) is 32.0 Å². The minimum atomic E-state index is -3.76. The molecule has 3 aromatic rings. The zero-order valence-corrected chi connectivity index (χ0v) is 22.8. The van der Waals surface area contributed by atoms with Gasteiger partial charge in [-0.3, -0.25) is 4.90 Å². The molecule has 0 aromatic heterocycles. The molecule has 1 unspecified atom stereocenters. The van der Waals surface area contributed by atoms with Crippen molar-refractivity contribution in [1.29, 1.82) is 0 Å². The van der Waals surface area contributed by atoms with Crippen molar-refractivity contribution in [2.75, 3.05) is 36.8 Å². The second-order valence-electron chi connectivity index (χ2n) is 10.7. The second-order valence-corrected chi connectivity index (χ2v) is 12.8. The molecule has 3 aliphatic heterocycles. The Labute approximate surface area is 232 Å². The summed E-state index contributed by atoms with van der Waals surface area (Å²) in [5.74, 6) is -1.73. The van der Waals surface area contributed by atoms with Crippen LogP contribution in [0.3, 0.4) is 0 Å². The van der Waals surface area contributed by atoms with Gasteiger partial charge in [-0.05, 0) is 42.0 Å². The Morgan fingerprint density at radius 2 is 1.55 bits per heavy atom. The number of hydrogen-bond donors (Lipinski definition) is 0. The Bertz CT molecular complexity index is 1460. The number of quaternary nitrogens is 1. The number of carbonyl (C=O) groups is 1. The average Bonchev–Trinajstić information content (AvgIpc) is 2.94. The van der Waals surface area contributed by atoms with E-state index in [9.17, 15) is 26.4 Å². The molecule has 1 atom stereocenters. The van der Waals surface area contributed by atoms with Crippen molar-refractivity contribution < 1.29 is 35.6 Å². The van der Waals surface area contributed by atoms with Gasteiger partial charge in [0.05, 0.1) is 37.6 Å². The van der Waals surface area contributed by atoms with Crippen molar-refractivity contribution in [1.82, 2.24) is 0 Å². The van der Waals surface area contributed by atoms with Gasteiger partial charge in [0, 0.05) is 25.2 Å². The second kappa shape index (κ2) is 11.6. The fraction of sp³-hybridized carbons (Fsp3) is 0.367. The van der Waals surface area contributed by atoms with E-state index in [1.165, 1.54) is 53.4 Å². The first-order valence-corrected chi connectivity index (χ1v) is 15.1. The van der Waals surface area contributed by atoms with Gasteiger partial charge >= 0.3 is 6.09 Å². The third-order valence-electron chi connectivity index (χ3n) is 8.13. The fourth-order valence-electron chi connectivity index (χ4n) is 5.95. The summed E-state index contributed by atoms with van der Waals surface area (Å²) >= 11 is 0. The highest BCUT2D eigenvalue weighted by Gasteiger charge is 2.48. The Morgan fingerprint density at radius 1 is 0.900 bits per heavy atom. The largest absolute Gasteiger partial charge is 0.440 e. The molecule has 10 heteroatoms. The van der Waals surface area contributed by atoms with Gasteiger partial charge in [-0.15, -0.1) is 0 Å². The van der Waals surface area contributed by atoms with E-state index < -0.39 is 39.5 Å². The van der Waals surface area contributed by atoms with E-state index in [-0.39, 0.29) is 28.8 Å². The Balaban J connectivity index is 1.27. The Hall–Kier alpha value is -3.37. The smallest absolute Gasteiger partial charge is 0.415 e. The first-order valence-electron chi connectivity index (χ1n) is 13.5. The van der Waals surface area contributed by atoms with Crippen molar-refractivity contribution >= 4 is 21.6 Å². The molecule has 6 rings (SSSR count). The summed E-state index contributed by atoms with van der Waals surface area (Å²) in [7, 11) is -3.76. The predicted octanol–water partition coefficient (Wildman–Crippen LogP) is 5.72. The topological polar surface area (TPSA) is 63.7 Å². The molecule has 6 nitrogen and oxygen atoms in total. The van der Waals surface area contributed by atoms with Crippen LogP contribution in [0.5, 0.6) is 0 Å². The van der Waals surface area contributed by atoms with Gasteiger partial charge in [0.2, 0.25) is 0 Å². The molecule has 3 aliphatic rings. The SMILES string of the molecule is O=C(OC1C[N+]2(CCCS(=O)(=O)c3ccccc3F)CCC1CC2)N(Cc1ccc(F)cc1)c1ccccc1F. The summed E-state index contributed by atoms with van der Waals surface area (Å²) in [4.78, 5) is 14.4. The lowest BCUT2D eigenvalue weighted by molar-refractivity contribution is -0.946. The lowest BCUT2D eigenvalue weighted by atomic mass is 9.83. The number of halogens is 3. The molecule has 40 heavy (non-hydrogen) atoms. The number of sulfone groups is 1. The maximum Gasteiger partial charge on any atom is 0.415 e. The Kier molecular flexibility index (Phi) is 8.19. The van der Waals surface area contributed by atoms with Crippen molar-refractivity contribution in [3.05, 3.63) is 95.8 Å². The maximum absolute atomic E-state index is 14.8. The number of para-hydroxylation sites is 1. The number of anilines is 1. The van der Waals surface area contributed by atoms with Crippen LogP contribution in [0.15, 0.2) is 77.7 Å². The molecule has 0 N–H and O–H groups in total. The van der Waals surface area contributed by atoms with Crippen LogP contribution in [-0.2, 0) is 21.1 Å². The highest BCUT2D eigenvalue weighted by molar-refractivity contribution is 7.91. The van der Waals surface area contributed by atoms with E-state index in [1.807, 2.05) is 0 Å². The molecule has 3 saturated heterocycles. The monoisotopic (exact) mass is 573 g/mol. The number of ether oxygens (including phenoxy) is 1. The molecule has 0 spiro atoms. The first kappa shape index (κ1) is 28.2. The number of nitrogens with zero attached hydrogens (tertiary/aromatic N) is 2. The molecule has 212 valence electrons. The molecule has 1 amide bonds. The van der Waals surface area contributed by atoms with Crippen LogP contribution < -0.4 is 4.90 Å². The number of fused-ring (bicyclic) bond motifs is 3. The number of rotatable bonds is 9. The third-order valence-corrected chi connectivity index (χ3v) is 9.96. The summed E-state index contributed by atoms with van der Waals surface area (Å²) in [5, 5.41) is 0. The van der Waals surface area contributed by atoms with E-state index in [0.29, 0.717) is 29.6 Å². The maximum atomic E-state index is 14.8. The van der Waals surface area contributed by atoms with Gasteiger partial charge < -0.3 is 9.22 Å². The van der Waals surface area contributed by atoms with Gasteiger partial charge in [-0.25, -0.2) is 26.4 Å². The molecule has 3 heterocycles. The number of amides is 1. The normalized spacial score (nSPS) is 22.2. The van der Waals surface area contributed by atoms with Crippen molar-refractivity contribution in [2.24, 2.45) is 5.92 Å². The number of hydrogen-bond acceptors (Lipinski definition) is 4. The minimum Gasteiger partial charge on any atom is -0.440 e. The molecule has 3 aromatic carbocycles. The minimum absolute atomic E-state index is 0.00530. The lowest BCUT2D eigenvalue weighted by Crippen LogP contribution is -2.65. The summed E-state index contributed by atoms with van der Waals surface area (Å²) in [6.07, 6.45) is 0.924. The van der Waals surface area contributed by atoms with Gasteiger partial charge in [-0.2, -0.15) is 0 Å². The van der Waals surface area contributed by atoms with E-state index in [4.69, 9.17) is 4.74 Å². The van der Waals surface area contributed by atoms with Crippen LogP contribution in [0.2, 0.25) is 0 Å². The number of carbonyl (C=O) groups excluding carboxylic acids is 1. The standard InChI is InChI=1S/C30H32F3N2O4S/c31-24-12-10-22(11-13-24)20-34(27-8-3-1-6-25(27)32)30(36)39-28-21-35(17-14-23(28)15-18-35)16-5-19-40(37,38)29-9-4-2-7-26(29)33/h1-4,6-13,23,28H,5,14-21H2/q+1. The number of piperidine rings is 3. The van der Waals surface area contributed by atoms with Gasteiger partial charge in [0.15, 0.2) is 15.9 Å². The fourth-order valence-corrected chi connectivity index (χ4v) is 7.33. The average molecular weight is 574 g/mol. The van der Waals surface area contributed by atoms with E-state index in [2.05, 4.69) is 0 Å².